The molecule has 3 N–H and O–H groups in total. The molecular weight excluding hydrogens is 191 g/mol. The zero-order valence-corrected chi connectivity index (χ0v) is 8.70. The number of nitrogens with two attached hydrogens (primary N) is 1. The Morgan fingerprint density at radius 2 is 2.33 bits per heavy atom. The summed E-state index contributed by atoms with van der Waals surface area (Å²) in [6, 6.07) is 6.18. The summed E-state index contributed by atoms with van der Waals surface area (Å²) in [6.07, 6.45) is 5.26. The van der Waals surface area contributed by atoms with Crippen molar-refractivity contribution in [2.45, 2.75) is 19.0 Å². The van der Waals surface area contributed by atoms with Crippen LogP contribution in [-0.4, -0.2) is 12.6 Å². The Morgan fingerprint density at radius 1 is 1.60 bits per heavy atom. The average molecular weight is 206 g/mol. The first kappa shape index (κ1) is 11.7. The van der Waals surface area contributed by atoms with Gasteiger partial charge in [0.2, 0.25) is 0 Å². The van der Waals surface area contributed by atoms with Gasteiger partial charge < -0.3 is 5.73 Å². The highest BCUT2D eigenvalue weighted by Gasteiger charge is 2.11. The van der Waals surface area contributed by atoms with Crippen LogP contribution in [0.15, 0.2) is 24.3 Å². The number of terminal acetylenes is 1. The Bertz CT molecular complexity index is 357. The van der Waals surface area contributed by atoms with Crippen molar-refractivity contribution in [3.05, 3.63) is 35.6 Å². The number of hydrogen-bond donors (Lipinski definition) is 2. The van der Waals surface area contributed by atoms with Crippen molar-refractivity contribution >= 4 is 0 Å². The Labute approximate surface area is 89.7 Å². The number of benzene rings is 1. The van der Waals surface area contributed by atoms with Gasteiger partial charge in [-0.3, -0.25) is 5.32 Å². The third-order valence-corrected chi connectivity index (χ3v) is 2.19. The highest BCUT2D eigenvalue weighted by Crippen LogP contribution is 2.13. The van der Waals surface area contributed by atoms with E-state index in [4.69, 9.17) is 12.2 Å². The van der Waals surface area contributed by atoms with Crippen LogP contribution in [0, 0.1) is 18.2 Å². The molecule has 3 heteroatoms. The second-order valence-electron chi connectivity index (χ2n) is 3.40. The molecule has 1 aromatic rings. The van der Waals surface area contributed by atoms with Crippen molar-refractivity contribution in [2.24, 2.45) is 5.73 Å². The van der Waals surface area contributed by atoms with Gasteiger partial charge in [-0.15, -0.1) is 6.42 Å². The van der Waals surface area contributed by atoms with E-state index in [0.29, 0.717) is 6.54 Å². The van der Waals surface area contributed by atoms with Gasteiger partial charge in [-0.25, -0.2) is 4.39 Å². The Kier molecular flexibility index (Phi) is 4.29. The van der Waals surface area contributed by atoms with Gasteiger partial charge in [0, 0.05) is 12.6 Å². The van der Waals surface area contributed by atoms with E-state index in [9.17, 15) is 4.39 Å². The Morgan fingerprint density at radius 3 is 2.87 bits per heavy atom. The van der Waals surface area contributed by atoms with Crippen LogP contribution in [0.2, 0.25) is 0 Å². The van der Waals surface area contributed by atoms with E-state index in [1.54, 1.807) is 6.07 Å². The molecule has 0 bridgehead atoms. The molecule has 0 spiro atoms. The topological polar surface area (TPSA) is 38.0 Å². The van der Waals surface area contributed by atoms with E-state index in [0.717, 1.165) is 5.56 Å². The van der Waals surface area contributed by atoms with Crippen LogP contribution in [0.1, 0.15) is 18.5 Å². The van der Waals surface area contributed by atoms with Crippen molar-refractivity contribution in [2.75, 3.05) is 6.54 Å². The largest absolute Gasteiger partial charge is 0.329 e. The predicted octanol–water partition coefficient (Wildman–Crippen LogP) is 1.44. The van der Waals surface area contributed by atoms with E-state index in [1.165, 1.54) is 12.1 Å². The van der Waals surface area contributed by atoms with Crippen LogP contribution < -0.4 is 11.1 Å². The van der Waals surface area contributed by atoms with Crippen molar-refractivity contribution in [1.82, 2.24) is 5.32 Å². The molecule has 80 valence electrons. The number of rotatable bonds is 4. The lowest BCUT2D eigenvalue weighted by molar-refractivity contribution is 0.514. The van der Waals surface area contributed by atoms with Gasteiger partial charge in [-0.1, -0.05) is 18.1 Å². The minimum atomic E-state index is -0.263. The van der Waals surface area contributed by atoms with Crippen LogP contribution in [0.25, 0.3) is 0 Å². The monoisotopic (exact) mass is 206 g/mol. The molecule has 0 amide bonds. The lowest BCUT2D eigenvalue weighted by Gasteiger charge is -2.19. The molecule has 0 aliphatic heterocycles. The second kappa shape index (κ2) is 5.50. The summed E-state index contributed by atoms with van der Waals surface area (Å²) in [4.78, 5) is 0. The van der Waals surface area contributed by atoms with Crippen molar-refractivity contribution in [1.29, 1.82) is 0 Å². The van der Waals surface area contributed by atoms with Crippen LogP contribution in [0.5, 0.6) is 0 Å². The first-order valence-electron chi connectivity index (χ1n) is 4.85. The summed E-state index contributed by atoms with van der Waals surface area (Å²) in [6.45, 7) is 2.25. The van der Waals surface area contributed by atoms with E-state index in [2.05, 4.69) is 11.2 Å². The zero-order chi connectivity index (χ0) is 11.3. The molecule has 0 radical (unpaired) electrons. The van der Waals surface area contributed by atoms with Gasteiger partial charge in [0.05, 0.1) is 6.04 Å². The normalized spacial score (nSPS) is 14.3. The molecule has 1 aromatic carbocycles. The highest BCUT2D eigenvalue weighted by atomic mass is 19.1. The molecule has 0 aliphatic carbocycles. The number of nitrogens with one attached hydrogen (secondary N) is 1. The summed E-state index contributed by atoms with van der Waals surface area (Å²) in [7, 11) is 0. The molecule has 15 heavy (non-hydrogen) atoms. The number of hydrogen-bond acceptors (Lipinski definition) is 2. The van der Waals surface area contributed by atoms with Gasteiger partial charge >= 0.3 is 0 Å². The quantitative estimate of drug-likeness (QED) is 0.731. The maximum absolute atomic E-state index is 13.0. The second-order valence-corrected chi connectivity index (χ2v) is 3.40. The Balaban J connectivity index is 2.79. The predicted molar refractivity (Wildman–Crippen MR) is 59.6 cm³/mol. The maximum Gasteiger partial charge on any atom is 0.123 e. The smallest absolute Gasteiger partial charge is 0.123 e. The van der Waals surface area contributed by atoms with Gasteiger partial charge in [0.25, 0.3) is 0 Å². The average Bonchev–Trinajstić information content (AvgIpc) is 2.25. The standard InChI is InChI=1S/C12H15FN2/c1-3-9(2)15-12(8-14)10-5-4-6-11(13)7-10/h1,4-7,9,12,15H,8,14H2,2H3. The molecule has 0 heterocycles. The van der Waals surface area contributed by atoms with Crippen LogP contribution >= 0.6 is 0 Å². The fourth-order valence-electron chi connectivity index (χ4n) is 1.37. The fourth-order valence-corrected chi connectivity index (χ4v) is 1.37. The van der Waals surface area contributed by atoms with Gasteiger partial charge in [-0.05, 0) is 24.6 Å². The third kappa shape index (κ3) is 3.35. The third-order valence-electron chi connectivity index (χ3n) is 2.19. The van der Waals surface area contributed by atoms with E-state index in [-0.39, 0.29) is 17.9 Å². The molecule has 0 aliphatic rings. The van der Waals surface area contributed by atoms with Crippen molar-refractivity contribution in [3.8, 4) is 12.3 Å². The summed E-state index contributed by atoms with van der Waals surface area (Å²) in [5.74, 6) is 2.29. The summed E-state index contributed by atoms with van der Waals surface area (Å²) in [5, 5.41) is 3.13. The van der Waals surface area contributed by atoms with E-state index < -0.39 is 0 Å². The van der Waals surface area contributed by atoms with E-state index in [1.807, 2.05) is 13.0 Å². The Hall–Kier alpha value is -1.37. The lowest BCUT2D eigenvalue weighted by Crippen LogP contribution is -2.34. The molecule has 1 rings (SSSR count). The van der Waals surface area contributed by atoms with Crippen LogP contribution in [0.4, 0.5) is 4.39 Å². The molecule has 2 nitrogen and oxygen atoms in total. The molecule has 0 aromatic heterocycles. The summed E-state index contributed by atoms with van der Waals surface area (Å²) >= 11 is 0. The number of halogens is 1. The zero-order valence-electron chi connectivity index (χ0n) is 8.70. The molecule has 0 saturated carbocycles. The van der Waals surface area contributed by atoms with Crippen molar-refractivity contribution in [3.63, 3.8) is 0 Å². The van der Waals surface area contributed by atoms with E-state index >= 15 is 0 Å². The van der Waals surface area contributed by atoms with Crippen LogP contribution in [0.3, 0.4) is 0 Å². The molecular formula is C12H15FN2. The van der Waals surface area contributed by atoms with Crippen molar-refractivity contribution < 1.29 is 4.39 Å². The minimum absolute atomic E-state index is 0.0817. The van der Waals surface area contributed by atoms with Gasteiger partial charge in [0.1, 0.15) is 5.82 Å². The molecule has 2 unspecified atom stereocenters. The van der Waals surface area contributed by atoms with Gasteiger partial charge in [0.15, 0.2) is 0 Å². The van der Waals surface area contributed by atoms with Gasteiger partial charge in [-0.2, -0.15) is 0 Å². The molecule has 0 saturated heterocycles. The minimum Gasteiger partial charge on any atom is -0.329 e. The molecule has 2 atom stereocenters. The summed E-state index contributed by atoms with van der Waals surface area (Å²) in [5.41, 5.74) is 6.42. The maximum atomic E-state index is 13.0. The first-order valence-corrected chi connectivity index (χ1v) is 4.85. The first-order chi connectivity index (χ1) is 7.17. The fraction of sp³-hybridized carbons (Fsp3) is 0.333. The SMILES string of the molecule is C#CC(C)NC(CN)c1cccc(F)c1. The summed E-state index contributed by atoms with van der Waals surface area (Å²) < 4.78 is 13.0. The van der Waals surface area contributed by atoms with Crippen LogP contribution in [-0.2, 0) is 0 Å². The lowest BCUT2D eigenvalue weighted by atomic mass is 10.1. The highest BCUT2D eigenvalue weighted by molar-refractivity contribution is 5.21. The molecule has 0 fully saturated rings.